The molecule has 2 aromatic rings. The van der Waals surface area contributed by atoms with E-state index in [1.165, 1.54) is 24.3 Å². The van der Waals surface area contributed by atoms with Crippen LogP contribution < -0.4 is 10.6 Å². The molecule has 0 radical (unpaired) electrons. The maximum Gasteiger partial charge on any atom is 0.338 e. The lowest BCUT2D eigenvalue weighted by atomic mass is 10.1. The molecule has 30 heavy (non-hydrogen) atoms. The van der Waals surface area contributed by atoms with Crippen molar-refractivity contribution in [2.75, 3.05) is 25.1 Å². The van der Waals surface area contributed by atoms with Gasteiger partial charge in [-0.25, -0.2) is 4.79 Å². The van der Waals surface area contributed by atoms with Crippen LogP contribution >= 0.6 is 0 Å². The number of ether oxygens (including phenoxy) is 2. The molecule has 8 heteroatoms. The maximum atomic E-state index is 12.1. The van der Waals surface area contributed by atoms with E-state index in [1.807, 2.05) is 19.9 Å². The Balaban J connectivity index is 1.75. The molecule has 2 aromatic carbocycles. The lowest BCUT2D eigenvalue weighted by Gasteiger charge is -2.09. The van der Waals surface area contributed by atoms with Gasteiger partial charge in [-0.2, -0.15) is 0 Å². The molecule has 0 heterocycles. The molecule has 0 aromatic heterocycles. The van der Waals surface area contributed by atoms with E-state index in [0.29, 0.717) is 16.8 Å². The zero-order valence-corrected chi connectivity index (χ0v) is 17.1. The summed E-state index contributed by atoms with van der Waals surface area (Å²) >= 11 is 0. The van der Waals surface area contributed by atoms with E-state index >= 15 is 0 Å². The molecule has 0 aliphatic rings. The molecule has 0 aliphatic heterocycles. The van der Waals surface area contributed by atoms with Gasteiger partial charge in [-0.1, -0.05) is 17.2 Å². The van der Waals surface area contributed by atoms with E-state index in [0.717, 1.165) is 11.1 Å². The van der Waals surface area contributed by atoms with Crippen LogP contribution in [-0.2, 0) is 19.1 Å². The first kappa shape index (κ1) is 22.6. The molecule has 2 N–H and O–H groups in total. The molecule has 0 atom stereocenters. The minimum atomic E-state index is -0.736. The second-order valence-electron chi connectivity index (χ2n) is 6.57. The van der Waals surface area contributed by atoms with Crippen LogP contribution in [0.3, 0.4) is 0 Å². The van der Waals surface area contributed by atoms with E-state index < -0.39 is 30.4 Å². The third-order valence-corrected chi connectivity index (χ3v) is 3.92. The summed E-state index contributed by atoms with van der Waals surface area (Å²) in [5.41, 5.74) is 3.13. The van der Waals surface area contributed by atoms with Gasteiger partial charge in [0, 0.05) is 11.3 Å². The number of hydrogen-bond donors (Lipinski definition) is 2. The average molecular weight is 412 g/mol. The van der Waals surface area contributed by atoms with Crippen LogP contribution in [0.4, 0.5) is 5.69 Å². The van der Waals surface area contributed by atoms with Crippen LogP contribution in [-0.4, -0.2) is 43.5 Å². The minimum absolute atomic E-state index is 0.272. The van der Waals surface area contributed by atoms with E-state index in [1.54, 1.807) is 19.1 Å². The van der Waals surface area contributed by atoms with Crippen molar-refractivity contribution in [3.8, 4) is 0 Å². The molecule has 0 unspecified atom stereocenters. The zero-order valence-electron chi connectivity index (χ0n) is 17.1. The van der Waals surface area contributed by atoms with Gasteiger partial charge in [0.2, 0.25) is 0 Å². The molecule has 0 fully saturated rings. The summed E-state index contributed by atoms with van der Waals surface area (Å²) in [6.45, 7) is 4.88. The summed E-state index contributed by atoms with van der Waals surface area (Å²) in [6.07, 6.45) is 0. The van der Waals surface area contributed by atoms with Gasteiger partial charge in [0.25, 0.3) is 11.8 Å². The summed E-state index contributed by atoms with van der Waals surface area (Å²) in [4.78, 5) is 47.4. The van der Waals surface area contributed by atoms with Crippen LogP contribution in [0.1, 0.15) is 38.8 Å². The smallest absolute Gasteiger partial charge is 0.338 e. The first-order chi connectivity index (χ1) is 14.3. The number of benzene rings is 2. The fraction of sp³-hybridized carbons (Fsp3) is 0.273. The van der Waals surface area contributed by atoms with Crippen molar-refractivity contribution in [1.29, 1.82) is 0 Å². The summed E-state index contributed by atoms with van der Waals surface area (Å²) < 4.78 is 9.74. The van der Waals surface area contributed by atoms with Crippen molar-refractivity contribution >= 4 is 29.4 Å². The zero-order chi connectivity index (χ0) is 22.1. The maximum absolute atomic E-state index is 12.1. The summed E-state index contributed by atoms with van der Waals surface area (Å²) in [5, 5.41) is 5.01. The normalized spacial score (nSPS) is 10.1. The molecule has 158 valence electrons. The predicted molar refractivity (Wildman–Crippen MR) is 110 cm³/mol. The van der Waals surface area contributed by atoms with Gasteiger partial charge in [0.05, 0.1) is 12.2 Å². The van der Waals surface area contributed by atoms with Crippen molar-refractivity contribution in [2.45, 2.75) is 20.8 Å². The number of nitrogens with one attached hydrogen (secondary N) is 2. The molecule has 0 saturated heterocycles. The number of anilines is 1. The molecule has 8 nitrogen and oxygen atoms in total. The van der Waals surface area contributed by atoms with Crippen molar-refractivity contribution in [1.82, 2.24) is 5.32 Å². The molecule has 2 amide bonds. The third-order valence-electron chi connectivity index (χ3n) is 3.92. The van der Waals surface area contributed by atoms with Gasteiger partial charge in [0.15, 0.2) is 6.61 Å². The van der Waals surface area contributed by atoms with E-state index in [-0.39, 0.29) is 13.2 Å². The first-order valence-corrected chi connectivity index (χ1v) is 9.37. The van der Waals surface area contributed by atoms with E-state index in [9.17, 15) is 19.2 Å². The largest absolute Gasteiger partial charge is 0.462 e. The summed E-state index contributed by atoms with van der Waals surface area (Å²) in [7, 11) is 0. The van der Waals surface area contributed by atoms with Gasteiger partial charge >= 0.3 is 11.9 Å². The van der Waals surface area contributed by atoms with Crippen LogP contribution in [0.15, 0.2) is 42.5 Å². The number of amides is 2. The van der Waals surface area contributed by atoms with Crippen molar-refractivity contribution in [3.63, 3.8) is 0 Å². The van der Waals surface area contributed by atoms with E-state index in [4.69, 9.17) is 9.47 Å². The Kier molecular flexibility index (Phi) is 8.10. The molecule has 2 rings (SSSR count). The highest BCUT2D eigenvalue weighted by atomic mass is 16.5. The monoisotopic (exact) mass is 412 g/mol. The number of aryl methyl sites for hydroxylation is 2. The number of carbonyl (C=O) groups excluding carboxylic acids is 4. The number of rotatable bonds is 8. The minimum Gasteiger partial charge on any atom is -0.462 e. The third kappa shape index (κ3) is 7.05. The molecular weight excluding hydrogens is 388 g/mol. The van der Waals surface area contributed by atoms with Crippen LogP contribution in [0.25, 0.3) is 0 Å². The second kappa shape index (κ2) is 10.8. The molecule has 0 aliphatic carbocycles. The van der Waals surface area contributed by atoms with Crippen LogP contribution in [0.2, 0.25) is 0 Å². The quantitative estimate of drug-likeness (QED) is 0.644. The van der Waals surface area contributed by atoms with Crippen molar-refractivity contribution in [2.24, 2.45) is 0 Å². The topological polar surface area (TPSA) is 111 Å². The highest BCUT2D eigenvalue weighted by molar-refractivity contribution is 5.97. The lowest BCUT2D eigenvalue weighted by Crippen LogP contribution is -2.32. The number of hydrogen-bond acceptors (Lipinski definition) is 6. The van der Waals surface area contributed by atoms with Gasteiger partial charge in [-0.15, -0.1) is 0 Å². The summed E-state index contributed by atoms with van der Waals surface area (Å²) in [6, 6.07) is 11.5. The Morgan fingerprint density at radius 2 is 1.50 bits per heavy atom. The van der Waals surface area contributed by atoms with Crippen LogP contribution in [0, 0.1) is 13.8 Å². The Hall–Kier alpha value is -3.68. The fourth-order valence-corrected chi connectivity index (χ4v) is 2.66. The Bertz CT molecular complexity index is 917. The van der Waals surface area contributed by atoms with Crippen LogP contribution in [0.5, 0.6) is 0 Å². The highest BCUT2D eigenvalue weighted by Crippen LogP contribution is 2.11. The van der Waals surface area contributed by atoms with Gasteiger partial charge < -0.3 is 20.1 Å². The SMILES string of the molecule is CCOC(=O)c1ccc(NC(=O)COC(=O)CNC(=O)c2cc(C)cc(C)c2)cc1. The highest BCUT2D eigenvalue weighted by Gasteiger charge is 2.12. The lowest BCUT2D eigenvalue weighted by molar-refractivity contribution is -0.146. The van der Waals surface area contributed by atoms with Crippen molar-refractivity contribution < 1.29 is 28.7 Å². The standard InChI is InChI=1S/C22H24N2O6/c1-4-29-22(28)16-5-7-18(8-6-16)24-19(25)13-30-20(26)12-23-21(27)17-10-14(2)9-15(3)11-17/h5-11H,4,12-13H2,1-3H3,(H,23,27)(H,24,25). The van der Waals surface area contributed by atoms with Gasteiger partial charge in [-0.3, -0.25) is 14.4 Å². The Morgan fingerprint density at radius 1 is 0.867 bits per heavy atom. The van der Waals surface area contributed by atoms with Gasteiger partial charge in [0.1, 0.15) is 6.54 Å². The number of esters is 2. The molecule has 0 spiro atoms. The van der Waals surface area contributed by atoms with Crippen molar-refractivity contribution in [3.05, 3.63) is 64.7 Å². The molecule has 0 saturated carbocycles. The fourth-order valence-electron chi connectivity index (χ4n) is 2.66. The predicted octanol–water partition coefficient (Wildman–Crippen LogP) is 2.39. The average Bonchev–Trinajstić information content (AvgIpc) is 2.70. The van der Waals surface area contributed by atoms with E-state index in [2.05, 4.69) is 10.6 Å². The Morgan fingerprint density at radius 3 is 2.10 bits per heavy atom. The second-order valence-corrected chi connectivity index (χ2v) is 6.57. The van der Waals surface area contributed by atoms with Gasteiger partial charge in [-0.05, 0) is 57.2 Å². The molecular formula is C22H24N2O6. The molecule has 0 bridgehead atoms. The summed E-state index contributed by atoms with van der Waals surface area (Å²) in [5.74, 6) is -2.13. The number of carbonyl (C=O) groups is 4. The Labute approximate surface area is 174 Å². The first-order valence-electron chi connectivity index (χ1n) is 9.37.